The van der Waals surface area contributed by atoms with E-state index in [0.717, 1.165) is 12.0 Å². The summed E-state index contributed by atoms with van der Waals surface area (Å²) in [6.45, 7) is 3.60. The van der Waals surface area contributed by atoms with E-state index in [1.807, 2.05) is 11.8 Å². The van der Waals surface area contributed by atoms with E-state index in [0.29, 0.717) is 0 Å². The molecule has 11 heavy (non-hydrogen) atoms. The third kappa shape index (κ3) is 3.04. The molecule has 1 nitrogen and oxygen atoms in total. The highest BCUT2D eigenvalue weighted by atomic mass is 32.2. The zero-order valence-corrected chi connectivity index (χ0v) is 8.41. The van der Waals surface area contributed by atoms with Crippen LogP contribution >= 0.6 is 11.8 Å². The fourth-order valence-electron chi connectivity index (χ4n) is 1.74. The highest BCUT2D eigenvalue weighted by molar-refractivity contribution is 7.98. The molecule has 1 N–H and O–H groups in total. The van der Waals surface area contributed by atoms with E-state index in [9.17, 15) is 0 Å². The van der Waals surface area contributed by atoms with Crippen molar-refractivity contribution < 1.29 is 0 Å². The quantitative estimate of drug-likeness (QED) is 0.701. The third-order valence-electron chi connectivity index (χ3n) is 2.46. The topological polar surface area (TPSA) is 12.0 Å². The van der Waals surface area contributed by atoms with Crippen LogP contribution in [0.15, 0.2) is 0 Å². The number of hydrogen-bond acceptors (Lipinski definition) is 2. The Balaban J connectivity index is 2.21. The average molecular weight is 173 g/mol. The predicted octanol–water partition coefficient (Wildman–Crippen LogP) is 2.13. The van der Waals surface area contributed by atoms with Crippen LogP contribution in [0.25, 0.3) is 0 Å². The van der Waals surface area contributed by atoms with Crippen molar-refractivity contribution in [1.82, 2.24) is 5.32 Å². The highest BCUT2D eigenvalue weighted by Crippen LogP contribution is 2.17. The second kappa shape index (κ2) is 5.04. The summed E-state index contributed by atoms with van der Waals surface area (Å²) < 4.78 is 0. The maximum Gasteiger partial charge on any atom is 0.0101 e. The summed E-state index contributed by atoms with van der Waals surface area (Å²) in [4.78, 5) is 0. The predicted molar refractivity (Wildman–Crippen MR) is 53.2 cm³/mol. The highest BCUT2D eigenvalue weighted by Gasteiger charge is 2.18. The molecule has 1 saturated heterocycles. The summed E-state index contributed by atoms with van der Waals surface area (Å²) in [6.07, 6.45) is 6.39. The van der Waals surface area contributed by atoms with Crippen molar-refractivity contribution in [2.75, 3.05) is 18.6 Å². The van der Waals surface area contributed by atoms with Gasteiger partial charge in [-0.15, -0.1) is 0 Å². The molecule has 66 valence electrons. The van der Waals surface area contributed by atoms with E-state index < -0.39 is 0 Å². The largest absolute Gasteiger partial charge is 0.314 e. The van der Waals surface area contributed by atoms with Crippen LogP contribution in [0.2, 0.25) is 0 Å². The minimum absolute atomic E-state index is 0.802. The van der Waals surface area contributed by atoms with Gasteiger partial charge in [-0.25, -0.2) is 0 Å². The molecule has 1 aliphatic rings. The molecule has 0 spiro atoms. The Bertz CT molecular complexity index is 99.7. The van der Waals surface area contributed by atoms with Crippen molar-refractivity contribution in [3.8, 4) is 0 Å². The van der Waals surface area contributed by atoms with Crippen molar-refractivity contribution in [2.45, 2.75) is 32.2 Å². The van der Waals surface area contributed by atoms with Gasteiger partial charge in [0.05, 0.1) is 0 Å². The van der Waals surface area contributed by atoms with Crippen molar-refractivity contribution in [2.24, 2.45) is 5.92 Å². The molecular weight excluding hydrogens is 154 g/mol. The Kier molecular flexibility index (Phi) is 4.31. The summed E-state index contributed by atoms with van der Waals surface area (Å²) >= 11 is 1.96. The Labute approximate surface area is 74.3 Å². The molecule has 0 radical (unpaired) electrons. The molecule has 0 aromatic rings. The Morgan fingerprint density at radius 1 is 1.55 bits per heavy atom. The summed E-state index contributed by atoms with van der Waals surface area (Å²) in [6, 6.07) is 0.802. The average Bonchev–Trinajstić information content (AvgIpc) is 2.07. The molecule has 0 amide bonds. The van der Waals surface area contributed by atoms with Gasteiger partial charge in [0, 0.05) is 6.04 Å². The SMILES string of the molecule is CSCC(C)C1CCCCN1. The standard InChI is InChI=1S/C9H19NS/c1-8(7-11-2)9-5-3-4-6-10-9/h8-10H,3-7H2,1-2H3. The molecule has 0 aromatic heterocycles. The van der Waals surface area contributed by atoms with Gasteiger partial charge in [0.25, 0.3) is 0 Å². The molecule has 0 aliphatic carbocycles. The van der Waals surface area contributed by atoms with Gasteiger partial charge in [-0.3, -0.25) is 0 Å². The first-order valence-corrected chi connectivity index (χ1v) is 5.96. The summed E-state index contributed by atoms with van der Waals surface area (Å²) in [5.74, 6) is 2.16. The van der Waals surface area contributed by atoms with E-state index in [1.54, 1.807) is 0 Å². The summed E-state index contributed by atoms with van der Waals surface area (Å²) in [5.41, 5.74) is 0. The summed E-state index contributed by atoms with van der Waals surface area (Å²) in [5, 5.41) is 3.59. The van der Waals surface area contributed by atoms with Gasteiger partial charge in [0.15, 0.2) is 0 Å². The van der Waals surface area contributed by atoms with Crippen molar-refractivity contribution in [3.63, 3.8) is 0 Å². The van der Waals surface area contributed by atoms with Crippen LogP contribution in [-0.4, -0.2) is 24.6 Å². The van der Waals surface area contributed by atoms with Crippen molar-refractivity contribution in [1.29, 1.82) is 0 Å². The summed E-state index contributed by atoms with van der Waals surface area (Å²) in [7, 11) is 0. The van der Waals surface area contributed by atoms with E-state index in [1.165, 1.54) is 31.6 Å². The Morgan fingerprint density at radius 2 is 2.36 bits per heavy atom. The smallest absolute Gasteiger partial charge is 0.0101 e. The molecule has 0 bridgehead atoms. The number of hydrogen-bond donors (Lipinski definition) is 1. The van der Waals surface area contributed by atoms with Crippen LogP contribution < -0.4 is 5.32 Å². The van der Waals surface area contributed by atoms with Crippen molar-refractivity contribution in [3.05, 3.63) is 0 Å². The number of rotatable bonds is 3. The van der Waals surface area contributed by atoms with E-state index in [2.05, 4.69) is 18.5 Å². The second-order valence-corrected chi connectivity index (χ2v) is 4.40. The molecular formula is C9H19NS. The van der Waals surface area contributed by atoms with Gasteiger partial charge >= 0.3 is 0 Å². The molecule has 2 heteroatoms. The molecule has 0 aromatic carbocycles. The van der Waals surface area contributed by atoms with Crippen LogP contribution in [0, 0.1) is 5.92 Å². The van der Waals surface area contributed by atoms with Gasteiger partial charge < -0.3 is 5.32 Å². The fraction of sp³-hybridized carbons (Fsp3) is 1.00. The maximum atomic E-state index is 3.59. The normalized spacial score (nSPS) is 28.4. The van der Waals surface area contributed by atoms with Crippen molar-refractivity contribution >= 4 is 11.8 Å². The second-order valence-electron chi connectivity index (χ2n) is 3.49. The number of nitrogens with one attached hydrogen (secondary N) is 1. The van der Waals surface area contributed by atoms with Gasteiger partial charge in [-0.05, 0) is 37.3 Å². The minimum Gasteiger partial charge on any atom is -0.314 e. The lowest BCUT2D eigenvalue weighted by molar-refractivity contribution is 0.330. The fourth-order valence-corrected chi connectivity index (χ4v) is 2.50. The third-order valence-corrected chi connectivity index (χ3v) is 3.32. The minimum atomic E-state index is 0.802. The van der Waals surface area contributed by atoms with Gasteiger partial charge in [0.2, 0.25) is 0 Å². The van der Waals surface area contributed by atoms with Gasteiger partial charge in [-0.2, -0.15) is 11.8 Å². The first-order chi connectivity index (χ1) is 5.34. The molecule has 2 atom stereocenters. The molecule has 1 fully saturated rings. The molecule has 1 rings (SSSR count). The lowest BCUT2D eigenvalue weighted by atomic mass is 9.95. The molecule has 1 aliphatic heterocycles. The van der Waals surface area contributed by atoms with E-state index in [-0.39, 0.29) is 0 Å². The Hall–Kier alpha value is 0.310. The Morgan fingerprint density at radius 3 is 2.91 bits per heavy atom. The van der Waals surface area contributed by atoms with E-state index in [4.69, 9.17) is 0 Å². The lowest BCUT2D eigenvalue weighted by Gasteiger charge is -2.28. The maximum absolute atomic E-state index is 3.59. The van der Waals surface area contributed by atoms with Crippen LogP contribution in [-0.2, 0) is 0 Å². The van der Waals surface area contributed by atoms with E-state index >= 15 is 0 Å². The van der Waals surface area contributed by atoms with Crippen LogP contribution in [0.4, 0.5) is 0 Å². The van der Waals surface area contributed by atoms with Crippen LogP contribution in [0.3, 0.4) is 0 Å². The molecule has 2 unspecified atom stereocenters. The molecule has 1 heterocycles. The van der Waals surface area contributed by atoms with Crippen LogP contribution in [0.1, 0.15) is 26.2 Å². The zero-order valence-electron chi connectivity index (χ0n) is 7.60. The molecule has 0 saturated carbocycles. The first kappa shape index (κ1) is 9.40. The zero-order chi connectivity index (χ0) is 8.10. The lowest BCUT2D eigenvalue weighted by Crippen LogP contribution is -2.39. The van der Waals surface area contributed by atoms with Gasteiger partial charge in [-0.1, -0.05) is 13.3 Å². The number of piperidine rings is 1. The monoisotopic (exact) mass is 173 g/mol. The number of thioether (sulfide) groups is 1. The first-order valence-electron chi connectivity index (χ1n) is 4.57. The van der Waals surface area contributed by atoms with Crippen LogP contribution in [0.5, 0.6) is 0 Å². The van der Waals surface area contributed by atoms with Gasteiger partial charge in [0.1, 0.15) is 0 Å².